The zero-order valence-corrected chi connectivity index (χ0v) is 12.3. The maximum Gasteiger partial charge on any atom is 0.223 e. The number of amides is 1. The molecule has 1 saturated heterocycles. The number of likely N-dealkylation sites (tertiary alicyclic amines) is 1. The third-order valence-corrected chi connectivity index (χ3v) is 5.14. The zero-order valence-electron chi connectivity index (χ0n) is 12.3. The van der Waals surface area contributed by atoms with Crippen LogP contribution in [0.5, 0.6) is 0 Å². The van der Waals surface area contributed by atoms with Crippen molar-refractivity contribution in [2.24, 2.45) is 11.8 Å². The maximum atomic E-state index is 12.4. The number of hydrogen-bond donors (Lipinski definition) is 0. The molecule has 2 heterocycles. The molecule has 1 aromatic heterocycles. The first-order valence-corrected chi connectivity index (χ1v) is 8.12. The molecule has 3 atom stereocenters. The quantitative estimate of drug-likeness (QED) is 0.834. The number of aromatic nitrogens is 1. The molecule has 1 amide bonds. The Hall–Kier alpha value is -1.42. The second-order valence-corrected chi connectivity index (χ2v) is 6.70. The molecular weight excluding hydrogens is 264 g/mol. The summed E-state index contributed by atoms with van der Waals surface area (Å²) in [5, 5.41) is 0. The van der Waals surface area contributed by atoms with Gasteiger partial charge in [0, 0.05) is 25.1 Å². The van der Waals surface area contributed by atoms with E-state index < -0.39 is 0 Å². The van der Waals surface area contributed by atoms with Crippen molar-refractivity contribution in [1.82, 2.24) is 9.88 Å². The predicted molar refractivity (Wildman–Crippen MR) is 78.4 cm³/mol. The highest BCUT2D eigenvalue weighted by Gasteiger charge is 2.49. The predicted octanol–water partition coefficient (Wildman–Crippen LogP) is 2.39. The Bertz CT molecular complexity index is 515. The minimum Gasteiger partial charge on any atom is -0.369 e. The molecule has 4 nitrogen and oxygen atoms in total. The SMILES string of the molecule is O=C(CC1CC1)N1C[C@H]2CC[C@H]1[C@@H]2OCc1ccccn1. The van der Waals surface area contributed by atoms with Gasteiger partial charge in [0.25, 0.3) is 0 Å². The number of rotatable bonds is 5. The van der Waals surface area contributed by atoms with E-state index >= 15 is 0 Å². The van der Waals surface area contributed by atoms with Crippen molar-refractivity contribution >= 4 is 5.91 Å². The van der Waals surface area contributed by atoms with Gasteiger partial charge < -0.3 is 9.64 Å². The van der Waals surface area contributed by atoms with Crippen LogP contribution in [0.25, 0.3) is 0 Å². The van der Waals surface area contributed by atoms with E-state index in [9.17, 15) is 4.79 Å². The standard InChI is InChI=1S/C17H22N2O2/c20-16(9-12-4-5-12)19-10-13-6-7-15(19)17(13)21-11-14-3-1-2-8-18-14/h1-3,8,12-13,15,17H,4-7,9-11H2/t13-,15+,17-/m1/s1. The Labute approximate surface area is 125 Å². The summed E-state index contributed by atoms with van der Waals surface area (Å²) < 4.78 is 6.12. The summed E-state index contributed by atoms with van der Waals surface area (Å²) >= 11 is 0. The molecule has 3 fully saturated rings. The van der Waals surface area contributed by atoms with Gasteiger partial charge in [-0.1, -0.05) is 6.07 Å². The van der Waals surface area contributed by atoms with Crippen molar-refractivity contribution in [2.75, 3.05) is 6.54 Å². The summed E-state index contributed by atoms with van der Waals surface area (Å²) in [6.45, 7) is 1.46. The Morgan fingerprint density at radius 2 is 2.19 bits per heavy atom. The summed E-state index contributed by atoms with van der Waals surface area (Å²) in [4.78, 5) is 18.8. The van der Waals surface area contributed by atoms with Crippen LogP contribution in [-0.2, 0) is 16.1 Å². The lowest BCUT2D eigenvalue weighted by molar-refractivity contribution is -0.134. The lowest BCUT2D eigenvalue weighted by atomic mass is 10.1. The molecule has 0 aromatic carbocycles. The second-order valence-electron chi connectivity index (χ2n) is 6.70. The fraction of sp³-hybridized carbons (Fsp3) is 0.647. The summed E-state index contributed by atoms with van der Waals surface area (Å²) in [7, 11) is 0. The average molecular weight is 286 g/mol. The highest BCUT2D eigenvalue weighted by Crippen LogP contribution is 2.42. The number of carbonyl (C=O) groups excluding carboxylic acids is 1. The third-order valence-electron chi connectivity index (χ3n) is 5.14. The average Bonchev–Trinajstić information content (AvgIpc) is 3.16. The number of ether oxygens (including phenoxy) is 1. The van der Waals surface area contributed by atoms with Crippen molar-refractivity contribution in [1.29, 1.82) is 0 Å². The Morgan fingerprint density at radius 1 is 1.29 bits per heavy atom. The lowest BCUT2D eigenvalue weighted by Crippen LogP contribution is -2.40. The minimum absolute atomic E-state index is 0.218. The molecule has 112 valence electrons. The van der Waals surface area contributed by atoms with E-state index in [2.05, 4.69) is 9.88 Å². The summed E-state index contributed by atoms with van der Waals surface area (Å²) in [6, 6.07) is 6.21. The van der Waals surface area contributed by atoms with Gasteiger partial charge in [0.2, 0.25) is 5.91 Å². The topological polar surface area (TPSA) is 42.4 Å². The van der Waals surface area contributed by atoms with E-state index in [1.807, 2.05) is 18.2 Å². The van der Waals surface area contributed by atoms with Gasteiger partial charge in [-0.25, -0.2) is 0 Å². The van der Waals surface area contributed by atoms with Crippen LogP contribution >= 0.6 is 0 Å². The summed E-state index contributed by atoms with van der Waals surface area (Å²) in [6.07, 6.45) is 7.57. The van der Waals surface area contributed by atoms with Gasteiger partial charge in [-0.15, -0.1) is 0 Å². The number of nitrogens with zero attached hydrogens (tertiary/aromatic N) is 2. The molecular formula is C17H22N2O2. The molecule has 1 aromatic rings. The molecule has 2 bridgehead atoms. The van der Waals surface area contributed by atoms with Gasteiger partial charge in [-0.2, -0.15) is 0 Å². The van der Waals surface area contributed by atoms with Crippen LogP contribution in [0.1, 0.15) is 37.8 Å². The molecule has 2 saturated carbocycles. The minimum atomic E-state index is 0.218. The first-order chi connectivity index (χ1) is 10.3. The first-order valence-electron chi connectivity index (χ1n) is 8.12. The van der Waals surface area contributed by atoms with Crippen molar-refractivity contribution in [3.05, 3.63) is 30.1 Å². The van der Waals surface area contributed by atoms with Crippen LogP contribution in [0, 0.1) is 11.8 Å². The molecule has 0 spiro atoms. The number of fused-ring (bicyclic) bond motifs is 2. The monoisotopic (exact) mass is 286 g/mol. The third kappa shape index (κ3) is 2.69. The van der Waals surface area contributed by atoms with Crippen LogP contribution < -0.4 is 0 Å². The molecule has 1 aliphatic heterocycles. The van der Waals surface area contributed by atoms with Crippen molar-refractivity contribution < 1.29 is 9.53 Å². The van der Waals surface area contributed by atoms with E-state index in [0.29, 0.717) is 30.4 Å². The lowest BCUT2D eigenvalue weighted by Gasteiger charge is -2.27. The molecule has 0 unspecified atom stereocenters. The van der Waals surface area contributed by atoms with Crippen LogP contribution in [0.2, 0.25) is 0 Å². The van der Waals surface area contributed by atoms with Crippen LogP contribution in [0.4, 0.5) is 0 Å². The molecule has 4 rings (SSSR count). The van der Waals surface area contributed by atoms with Gasteiger partial charge in [0.1, 0.15) is 0 Å². The summed E-state index contributed by atoms with van der Waals surface area (Å²) in [5.41, 5.74) is 0.972. The number of piperidine rings is 1. The van der Waals surface area contributed by atoms with Crippen LogP contribution in [-0.4, -0.2) is 34.5 Å². The highest BCUT2D eigenvalue weighted by atomic mass is 16.5. The van der Waals surface area contributed by atoms with E-state index in [1.165, 1.54) is 19.3 Å². The second kappa shape index (κ2) is 5.41. The molecule has 21 heavy (non-hydrogen) atoms. The fourth-order valence-corrected chi connectivity index (χ4v) is 3.83. The molecule has 2 aliphatic carbocycles. The van der Waals surface area contributed by atoms with Crippen LogP contribution in [0.3, 0.4) is 0 Å². The first kappa shape index (κ1) is 13.3. The molecule has 3 aliphatic rings. The van der Waals surface area contributed by atoms with Crippen LogP contribution in [0.15, 0.2) is 24.4 Å². The number of hydrogen-bond acceptors (Lipinski definition) is 3. The molecule has 4 heteroatoms. The Morgan fingerprint density at radius 3 is 2.95 bits per heavy atom. The van der Waals surface area contributed by atoms with Gasteiger partial charge in [-0.05, 0) is 43.7 Å². The van der Waals surface area contributed by atoms with Gasteiger partial charge >= 0.3 is 0 Å². The largest absolute Gasteiger partial charge is 0.369 e. The van der Waals surface area contributed by atoms with Gasteiger partial charge in [0.05, 0.1) is 24.4 Å². The Balaban J connectivity index is 1.37. The number of carbonyl (C=O) groups is 1. The van der Waals surface area contributed by atoms with Crippen molar-refractivity contribution in [3.8, 4) is 0 Å². The van der Waals surface area contributed by atoms with E-state index in [1.54, 1.807) is 6.20 Å². The van der Waals surface area contributed by atoms with Gasteiger partial charge in [-0.3, -0.25) is 9.78 Å². The molecule has 0 radical (unpaired) electrons. The fourth-order valence-electron chi connectivity index (χ4n) is 3.83. The maximum absolute atomic E-state index is 12.4. The van der Waals surface area contributed by atoms with Gasteiger partial charge in [0.15, 0.2) is 0 Å². The zero-order chi connectivity index (χ0) is 14.2. The van der Waals surface area contributed by atoms with E-state index in [-0.39, 0.29) is 6.10 Å². The van der Waals surface area contributed by atoms with E-state index in [0.717, 1.165) is 25.1 Å². The van der Waals surface area contributed by atoms with Crippen molar-refractivity contribution in [2.45, 2.75) is 50.9 Å². The number of pyridine rings is 1. The Kier molecular flexibility index (Phi) is 3.42. The summed E-state index contributed by atoms with van der Waals surface area (Å²) in [5.74, 6) is 1.56. The molecule has 0 N–H and O–H groups in total. The normalized spacial score (nSPS) is 30.9. The highest BCUT2D eigenvalue weighted by molar-refractivity contribution is 5.77. The smallest absolute Gasteiger partial charge is 0.223 e. The van der Waals surface area contributed by atoms with E-state index in [4.69, 9.17) is 4.74 Å². The van der Waals surface area contributed by atoms with Crippen molar-refractivity contribution in [3.63, 3.8) is 0 Å².